The molecule has 0 radical (unpaired) electrons. The van der Waals surface area contributed by atoms with E-state index in [-0.39, 0.29) is 0 Å². The minimum absolute atomic E-state index is 0.477. The van der Waals surface area contributed by atoms with Gasteiger partial charge in [-0.3, -0.25) is 4.98 Å². The first-order valence-electron chi connectivity index (χ1n) is 6.11. The van der Waals surface area contributed by atoms with Crippen molar-refractivity contribution in [1.82, 2.24) is 10.3 Å². The molecule has 1 atom stereocenters. The number of aliphatic hydroxyl groups is 1. The number of pyridine rings is 1. The molecule has 1 aromatic heterocycles. The maximum Gasteiger partial charge on any atom is 0.0917 e. The SMILES string of the molecule is Cc1ccccc1C(O)CNCc1ccccn1. The Balaban J connectivity index is 1.86. The molecule has 0 fully saturated rings. The Morgan fingerprint density at radius 2 is 1.94 bits per heavy atom. The van der Waals surface area contributed by atoms with Crippen molar-refractivity contribution < 1.29 is 5.11 Å². The van der Waals surface area contributed by atoms with Gasteiger partial charge in [-0.25, -0.2) is 0 Å². The number of aromatic nitrogens is 1. The summed E-state index contributed by atoms with van der Waals surface area (Å²) in [6.07, 6.45) is 1.30. The van der Waals surface area contributed by atoms with E-state index < -0.39 is 6.10 Å². The Morgan fingerprint density at radius 3 is 2.67 bits per heavy atom. The molecule has 3 nitrogen and oxygen atoms in total. The van der Waals surface area contributed by atoms with Crippen LogP contribution in [0.4, 0.5) is 0 Å². The second-order valence-corrected chi connectivity index (χ2v) is 4.32. The van der Waals surface area contributed by atoms with Gasteiger partial charge in [-0.15, -0.1) is 0 Å². The number of nitrogens with one attached hydrogen (secondary N) is 1. The van der Waals surface area contributed by atoms with E-state index in [9.17, 15) is 5.11 Å². The summed E-state index contributed by atoms with van der Waals surface area (Å²) in [5.74, 6) is 0. The normalized spacial score (nSPS) is 12.3. The first-order chi connectivity index (χ1) is 8.77. The highest BCUT2D eigenvalue weighted by atomic mass is 16.3. The summed E-state index contributed by atoms with van der Waals surface area (Å²) in [7, 11) is 0. The van der Waals surface area contributed by atoms with Crippen LogP contribution < -0.4 is 5.32 Å². The van der Waals surface area contributed by atoms with Crippen LogP contribution in [0.15, 0.2) is 48.7 Å². The summed E-state index contributed by atoms with van der Waals surface area (Å²) in [5.41, 5.74) is 3.07. The molecule has 2 N–H and O–H groups in total. The fraction of sp³-hybridized carbons (Fsp3) is 0.267. The third-order valence-corrected chi connectivity index (χ3v) is 2.92. The molecule has 3 heteroatoms. The lowest BCUT2D eigenvalue weighted by atomic mass is 10.0. The van der Waals surface area contributed by atoms with Crippen LogP contribution in [0, 0.1) is 6.92 Å². The van der Waals surface area contributed by atoms with Crippen molar-refractivity contribution in [3.63, 3.8) is 0 Å². The molecule has 0 saturated heterocycles. The van der Waals surface area contributed by atoms with Gasteiger partial charge in [0.2, 0.25) is 0 Å². The van der Waals surface area contributed by atoms with Crippen molar-refractivity contribution in [2.45, 2.75) is 19.6 Å². The quantitative estimate of drug-likeness (QED) is 0.845. The van der Waals surface area contributed by atoms with Crippen LogP contribution in [0.5, 0.6) is 0 Å². The molecule has 1 heterocycles. The Kier molecular flexibility index (Phi) is 4.45. The molecule has 2 rings (SSSR count). The number of rotatable bonds is 5. The average molecular weight is 242 g/mol. The van der Waals surface area contributed by atoms with Gasteiger partial charge in [0.05, 0.1) is 11.8 Å². The lowest BCUT2D eigenvalue weighted by molar-refractivity contribution is 0.173. The Labute approximate surface area is 108 Å². The van der Waals surface area contributed by atoms with Gasteiger partial charge in [-0.1, -0.05) is 30.3 Å². The zero-order valence-corrected chi connectivity index (χ0v) is 10.5. The van der Waals surface area contributed by atoms with E-state index in [1.807, 2.05) is 49.4 Å². The Bertz CT molecular complexity index is 485. The fourth-order valence-corrected chi connectivity index (χ4v) is 1.91. The summed E-state index contributed by atoms with van der Waals surface area (Å²) in [5, 5.41) is 13.3. The molecule has 1 aromatic carbocycles. The largest absolute Gasteiger partial charge is 0.387 e. The molecule has 0 spiro atoms. The van der Waals surface area contributed by atoms with Gasteiger partial charge in [0.15, 0.2) is 0 Å². The van der Waals surface area contributed by atoms with Crippen molar-refractivity contribution in [3.05, 3.63) is 65.5 Å². The standard InChI is InChI=1S/C15H18N2O/c1-12-6-2-3-8-14(12)15(18)11-16-10-13-7-4-5-9-17-13/h2-9,15-16,18H,10-11H2,1H3. The summed E-state index contributed by atoms with van der Waals surface area (Å²) >= 11 is 0. The van der Waals surface area contributed by atoms with E-state index in [0.717, 1.165) is 16.8 Å². The maximum atomic E-state index is 10.1. The molecule has 18 heavy (non-hydrogen) atoms. The second-order valence-electron chi connectivity index (χ2n) is 4.32. The molecule has 0 aliphatic heterocycles. The lowest BCUT2D eigenvalue weighted by Crippen LogP contribution is -2.22. The van der Waals surface area contributed by atoms with E-state index in [4.69, 9.17) is 0 Å². The second kappa shape index (κ2) is 6.28. The zero-order valence-electron chi connectivity index (χ0n) is 10.5. The summed E-state index contributed by atoms with van der Waals surface area (Å²) < 4.78 is 0. The molecule has 1 unspecified atom stereocenters. The van der Waals surface area contributed by atoms with Crippen molar-refractivity contribution in [2.75, 3.05) is 6.54 Å². The third-order valence-electron chi connectivity index (χ3n) is 2.92. The molecule has 0 bridgehead atoms. The monoisotopic (exact) mass is 242 g/mol. The highest BCUT2D eigenvalue weighted by Gasteiger charge is 2.08. The van der Waals surface area contributed by atoms with Gasteiger partial charge in [-0.05, 0) is 30.2 Å². The van der Waals surface area contributed by atoms with Crippen molar-refractivity contribution in [3.8, 4) is 0 Å². The van der Waals surface area contributed by atoms with Crippen LogP contribution in [0.25, 0.3) is 0 Å². The molecule has 0 aliphatic carbocycles. The summed E-state index contributed by atoms with van der Waals surface area (Å²) in [6, 6.07) is 13.7. The molecule has 94 valence electrons. The number of benzene rings is 1. The minimum atomic E-state index is -0.477. The maximum absolute atomic E-state index is 10.1. The first-order valence-corrected chi connectivity index (χ1v) is 6.11. The van der Waals surface area contributed by atoms with Crippen LogP contribution in [0.1, 0.15) is 22.9 Å². The fourth-order valence-electron chi connectivity index (χ4n) is 1.91. The van der Waals surface area contributed by atoms with Crippen molar-refractivity contribution >= 4 is 0 Å². The van der Waals surface area contributed by atoms with Gasteiger partial charge >= 0.3 is 0 Å². The molecular formula is C15H18N2O. The Morgan fingerprint density at radius 1 is 1.17 bits per heavy atom. The summed E-state index contributed by atoms with van der Waals surface area (Å²) in [4.78, 5) is 4.22. The van der Waals surface area contributed by atoms with E-state index in [1.165, 1.54) is 0 Å². The van der Waals surface area contributed by atoms with Crippen LogP contribution in [-0.4, -0.2) is 16.6 Å². The Hall–Kier alpha value is -1.71. The van der Waals surface area contributed by atoms with E-state index in [2.05, 4.69) is 10.3 Å². The predicted octanol–water partition coefficient (Wildman–Crippen LogP) is 2.21. The first kappa shape index (κ1) is 12.7. The van der Waals surface area contributed by atoms with Crippen molar-refractivity contribution in [1.29, 1.82) is 0 Å². The van der Waals surface area contributed by atoms with Crippen molar-refractivity contribution in [2.24, 2.45) is 0 Å². The van der Waals surface area contributed by atoms with E-state index >= 15 is 0 Å². The highest BCUT2D eigenvalue weighted by Crippen LogP contribution is 2.16. The number of aliphatic hydroxyl groups excluding tert-OH is 1. The van der Waals surface area contributed by atoms with E-state index in [0.29, 0.717) is 13.1 Å². The molecule has 0 amide bonds. The van der Waals surface area contributed by atoms with Gasteiger partial charge in [0, 0.05) is 19.3 Å². The topological polar surface area (TPSA) is 45.1 Å². The van der Waals surface area contributed by atoms with Crippen LogP contribution >= 0.6 is 0 Å². The van der Waals surface area contributed by atoms with Gasteiger partial charge < -0.3 is 10.4 Å². The number of nitrogens with zero attached hydrogens (tertiary/aromatic N) is 1. The average Bonchev–Trinajstić information content (AvgIpc) is 2.40. The molecule has 0 saturated carbocycles. The van der Waals surface area contributed by atoms with Gasteiger partial charge in [0.25, 0.3) is 0 Å². The van der Waals surface area contributed by atoms with Crippen LogP contribution in [0.3, 0.4) is 0 Å². The minimum Gasteiger partial charge on any atom is -0.387 e. The molecule has 0 aliphatic rings. The van der Waals surface area contributed by atoms with E-state index in [1.54, 1.807) is 6.20 Å². The van der Waals surface area contributed by atoms with Crippen LogP contribution in [0.2, 0.25) is 0 Å². The van der Waals surface area contributed by atoms with Gasteiger partial charge in [-0.2, -0.15) is 0 Å². The number of hydrogen-bond acceptors (Lipinski definition) is 3. The van der Waals surface area contributed by atoms with Gasteiger partial charge in [0.1, 0.15) is 0 Å². The highest BCUT2D eigenvalue weighted by molar-refractivity contribution is 5.27. The molecular weight excluding hydrogens is 224 g/mol. The zero-order chi connectivity index (χ0) is 12.8. The molecule has 2 aromatic rings. The predicted molar refractivity (Wildman–Crippen MR) is 72.1 cm³/mol. The lowest BCUT2D eigenvalue weighted by Gasteiger charge is -2.14. The van der Waals surface area contributed by atoms with Crippen LogP contribution in [-0.2, 0) is 6.54 Å². The third kappa shape index (κ3) is 3.39. The number of aryl methyl sites for hydroxylation is 1. The smallest absolute Gasteiger partial charge is 0.0917 e. The number of hydrogen-bond donors (Lipinski definition) is 2. The summed E-state index contributed by atoms with van der Waals surface area (Å²) in [6.45, 7) is 3.21.